The van der Waals surface area contributed by atoms with Crippen LogP contribution in [0.4, 0.5) is 0 Å². The zero-order chi connectivity index (χ0) is 10.3. The van der Waals surface area contributed by atoms with Crippen LogP contribution in [0.3, 0.4) is 0 Å². The highest BCUT2D eigenvalue weighted by Gasteiger charge is 2.29. The standard InChI is InChI=1S/C9H11BrN2O2/c1-5-8(10)12-6(9(13)14)3-2-4-7(12)11-5/h6H,2-4H2,1H3,(H,13,14). The molecule has 5 heteroatoms. The van der Waals surface area contributed by atoms with Crippen molar-refractivity contribution in [3.8, 4) is 0 Å². The van der Waals surface area contributed by atoms with Crippen molar-refractivity contribution in [1.29, 1.82) is 0 Å². The molecular formula is C9H11BrN2O2. The molecule has 0 fully saturated rings. The highest BCUT2D eigenvalue weighted by atomic mass is 79.9. The van der Waals surface area contributed by atoms with Gasteiger partial charge in [-0.25, -0.2) is 9.78 Å². The maximum Gasteiger partial charge on any atom is 0.326 e. The van der Waals surface area contributed by atoms with Crippen molar-refractivity contribution in [3.05, 3.63) is 16.1 Å². The molecule has 2 rings (SSSR count). The Hall–Kier alpha value is -0.840. The lowest BCUT2D eigenvalue weighted by Gasteiger charge is -2.22. The maximum absolute atomic E-state index is 11.0. The van der Waals surface area contributed by atoms with Crippen molar-refractivity contribution in [2.24, 2.45) is 0 Å². The summed E-state index contributed by atoms with van der Waals surface area (Å²) in [7, 11) is 0. The molecule has 1 atom stereocenters. The van der Waals surface area contributed by atoms with E-state index in [-0.39, 0.29) is 0 Å². The third-order valence-electron chi connectivity index (χ3n) is 2.56. The molecule has 1 aliphatic rings. The van der Waals surface area contributed by atoms with Crippen molar-refractivity contribution < 1.29 is 9.90 Å². The lowest BCUT2D eigenvalue weighted by Crippen LogP contribution is -2.25. The van der Waals surface area contributed by atoms with Crippen LogP contribution < -0.4 is 0 Å². The molecule has 0 bridgehead atoms. The molecule has 0 aliphatic carbocycles. The predicted molar refractivity (Wildman–Crippen MR) is 54.3 cm³/mol. The quantitative estimate of drug-likeness (QED) is 0.838. The first kappa shape index (κ1) is 9.71. The summed E-state index contributed by atoms with van der Waals surface area (Å²) in [6, 6.07) is -0.450. The van der Waals surface area contributed by atoms with Crippen LogP contribution in [0.5, 0.6) is 0 Å². The minimum atomic E-state index is -0.774. The van der Waals surface area contributed by atoms with E-state index in [1.807, 2.05) is 6.92 Å². The Bertz CT molecular complexity index is 386. The molecule has 76 valence electrons. The van der Waals surface area contributed by atoms with Gasteiger partial charge in [-0.15, -0.1) is 0 Å². The molecule has 4 nitrogen and oxygen atoms in total. The van der Waals surface area contributed by atoms with Gasteiger partial charge in [0.2, 0.25) is 0 Å². The normalized spacial score (nSPS) is 20.6. The van der Waals surface area contributed by atoms with E-state index in [9.17, 15) is 4.79 Å². The fourth-order valence-electron chi connectivity index (χ4n) is 1.89. The Morgan fingerprint density at radius 1 is 1.71 bits per heavy atom. The number of hydrogen-bond donors (Lipinski definition) is 1. The Labute approximate surface area is 90.1 Å². The first-order valence-corrected chi connectivity index (χ1v) is 5.36. The fraction of sp³-hybridized carbons (Fsp3) is 0.556. The van der Waals surface area contributed by atoms with Crippen LogP contribution in [0.25, 0.3) is 0 Å². The average molecular weight is 259 g/mol. The van der Waals surface area contributed by atoms with Gasteiger partial charge >= 0.3 is 5.97 Å². The summed E-state index contributed by atoms with van der Waals surface area (Å²) < 4.78 is 2.60. The largest absolute Gasteiger partial charge is 0.480 e. The summed E-state index contributed by atoms with van der Waals surface area (Å²) in [5.41, 5.74) is 0.869. The summed E-state index contributed by atoms with van der Waals surface area (Å²) in [5.74, 6) is 0.108. The van der Waals surface area contributed by atoms with Crippen LogP contribution >= 0.6 is 15.9 Å². The van der Waals surface area contributed by atoms with Crippen LogP contribution in [-0.4, -0.2) is 20.6 Å². The van der Waals surface area contributed by atoms with Crippen molar-refractivity contribution in [2.75, 3.05) is 0 Å². The maximum atomic E-state index is 11.0. The molecule has 2 heterocycles. The van der Waals surface area contributed by atoms with Crippen LogP contribution in [0.2, 0.25) is 0 Å². The average Bonchev–Trinajstić information content (AvgIpc) is 2.43. The molecule has 1 aromatic rings. The summed E-state index contributed by atoms with van der Waals surface area (Å²) in [6.07, 6.45) is 2.47. The predicted octanol–water partition coefficient (Wildman–Crippen LogP) is 1.92. The summed E-state index contributed by atoms with van der Waals surface area (Å²) in [6.45, 7) is 1.88. The highest BCUT2D eigenvalue weighted by Crippen LogP contribution is 2.30. The van der Waals surface area contributed by atoms with E-state index in [0.717, 1.165) is 29.0 Å². The first-order chi connectivity index (χ1) is 6.61. The first-order valence-electron chi connectivity index (χ1n) is 4.57. The molecular weight excluding hydrogens is 248 g/mol. The SMILES string of the molecule is Cc1nc2n(c1Br)C(C(=O)O)CCC2. The molecule has 0 saturated heterocycles. The number of aliphatic carboxylic acids is 1. The summed E-state index contributed by atoms with van der Waals surface area (Å²) in [5, 5.41) is 9.05. The zero-order valence-corrected chi connectivity index (χ0v) is 9.41. The number of rotatable bonds is 1. The van der Waals surface area contributed by atoms with Crippen molar-refractivity contribution >= 4 is 21.9 Å². The topological polar surface area (TPSA) is 55.1 Å². The van der Waals surface area contributed by atoms with Gasteiger partial charge in [0.1, 0.15) is 16.5 Å². The van der Waals surface area contributed by atoms with Gasteiger partial charge < -0.3 is 9.67 Å². The second kappa shape index (κ2) is 3.38. The third kappa shape index (κ3) is 1.35. The molecule has 14 heavy (non-hydrogen) atoms. The molecule has 1 aliphatic heterocycles. The minimum Gasteiger partial charge on any atom is -0.480 e. The van der Waals surface area contributed by atoms with E-state index >= 15 is 0 Å². The Balaban J connectivity index is 2.52. The monoisotopic (exact) mass is 258 g/mol. The van der Waals surface area contributed by atoms with Gasteiger partial charge in [-0.3, -0.25) is 0 Å². The second-order valence-electron chi connectivity index (χ2n) is 3.52. The van der Waals surface area contributed by atoms with Gasteiger partial charge in [-0.05, 0) is 35.7 Å². The molecule has 0 spiro atoms. The van der Waals surface area contributed by atoms with Crippen molar-refractivity contribution in [3.63, 3.8) is 0 Å². The van der Waals surface area contributed by atoms with Crippen LogP contribution in [0, 0.1) is 6.92 Å². The second-order valence-corrected chi connectivity index (χ2v) is 4.27. The van der Waals surface area contributed by atoms with Gasteiger partial charge in [-0.2, -0.15) is 0 Å². The minimum absolute atomic E-state index is 0.450. The highest BCUT2D eigenvalue weighted by molar-refractivity contribution is 9.10. The van der Waals surface area contributed by atoms with Gasteiger partial charge in [0.25, 0.3) is 0 Å². The number of halogens is 1. The number of carboxylic acids is 1. The Kier molecular flexibility index (Phi) is 2.34. The van der Waals surface area contributed by atoms with E-state index in [1.165, 1.54) is 0 Å². The van der Waals surface area contributed by atoms with Crippen LogP contribution in [0.15, 0.2) is 4.60 Å². The van der Waals surface area contributed by atoms with Gasteiger partial charge in [0.05, 0.1) is 5.69 Å². The molecule has 1 aromatic heterocycles. The number of aromatic nitrogens is 2. The van der Waals surface area contributed by atoms with Gasteiger partial charge in [-0.1, -0.05) is 0 Å². The Morgan fingerprint density at radius 3 is 3.07 bits per heavy atom. The zero-order valence-electron chi connectivity index (χ0n) is 7.83. The summed E-state index contributed by atoms with van der Waals surface area (Å²) >= 11 is 3.38. The number of nitrogens with zero attached hydrogens (tertiary/aromatic N) is 2. The van der Waals surface area contributed by atoms with Crippen molar-refractivity contribution in [1.82, 2.24) is 9.55 Å². The number of imidazole rings is 1. The molecule has 0 saturated carbocycles. The van der Waals surface area contributed by atoms with E-state index < -0.39 is 12.0 Å². The molecule has 1 unspecified atom stereocenters. The van der Waals surface area contributed by atoms with E-state index in [1.54, 1.807) is 4.57 Å². The van der Waals surface area contributed by atoms with Crippen LogP contribution in [-0.2, 0) is 11.2 Å². The number of aryl methyl sites for hydroxylation is 2. The molecule has 0 aromatic carbocycles. The lowest BCUT2D eigenvalue weighted by molar-refractivity contribution is -0.141. The number of fused-ring (bicyclic) bond motifs is 1. The smallest absolute Gasteiger partial charge is 0.326 e. The molecule has 0 radical (unpaired) electrons. The third-order valence-corrected chi connectivity index (χ3v) is 3.52. The molecule has 1 N–H and O–H groups in total. The number of carboxylic acid groups (broad SMARTS) is 1. The van der Waals surface area contributed by atoms with E-state index in [2.05, 4.69) is 20.9 Å². The van der Waals surface area contributed by atoms with Crippen LogP contribution in [0.1, 0.15) is 30.4 Å². The van der Waals surface area contributed by atoms with Gasteiger partial charge in [0, 0.05) is 6.42 Å². The fourth-order valence-corrected chi connectivity index (χ4v) is 2.43. The van der Waals surface area contributed by atoms with E-state index in [4.69, 9.17) is 5.11 Å². The molecule has 0 amide bonds. The summed E-state index contributed by atoms with van der Waals surface area (Å²) in [4.78, 5) is 15.3. The van der Waals surface area contributed by atoms with Crippen molar-refractivity contribution in [2.45, 2.75) is 32.2 Å². The lowest BCUT2D eigenvalue weighted by atomic mass is 10.1. The van der Waals surface area contributed by atoms with E-state index in [0.29, 0.717) is 6.42 Å². The van der Waals surface area contributed by atoms with Gasteiger partial charge in [0.15, 0.2) is 0 Å². The Morgan fingerprint density at radius 2 is 2.43 bits per heavy atom. The number of hydrogen-bond acceptors (Lipinski definition) is 2. The number of carbonyl (C=O) groups is 1.